The van der Waals surface area contributed by atoms with E-state index in [4.69, 9.17) is 11.6 Å². The number of nitrogens with zero attached hydrogens (tertiary/aromatic N) is 4. The van der Waals surface area contributed by atoms with Gasteiger partial charge in [0.1, 0.15) is 18.1 Å². The van der Waals surface area contributed by atoms with Crippen LogP contribution in [-0.2, 0) is 17.9 Å². The third kappa shape index (κ3) is 4.44. The van der Waals surface area contributed by atoms with Gasteiger partial charge in [-0.05, 0) is 13.0 Å². The summed E-state index contributed by atoms with van der Waals surface area (Å²) in [6.45, 7) is 4.11. The molecule has 146 valence electrons. The Morgan fingerprint density at radius 3 is 2.48 bits per heavy atom. The van der Waals surface area contributed by atoms with Crippen molar-refractivity contribution >= 4 is 17.5 Å². The van der Waals surface area contributed by atoms with Crippen LogP contribution >= 0.6 is 11.6 Å². The van der Waals surface area contributed by atoms with E-state index < -0.39 is 12.1 Å². The van der Waals surface area contributed by atoms with Gasteiger partial charge in [0.2, 0.25) is 5.91 Å². The molecule has 1 saturated heterocycles. The molecule has 0 spiro atoms. The van der Waals surface area contributed by atoms with Gasteiger partial charge in [0.05, 0.1) is 10.7 Å². The van der Waals surface area contributed by atoms with Crippen molar-refractivity contribution in [1.29, 1.82) is 0 Å². The van der Waals surface area contributed by atoms with Crippen LogP contribution in [0.4, 0.5) is 13.2 Å². The lowest BCUT2D eigenvalue weighted by Gasteiger charge is -2.34. The summed E-state index contributed by atoms with van der Waals surface area (Å²) in [5.41, 5.74) is 0.466. The Labute approximate surface area is 160 Å². The number of alkyl halides is 2. The first-order valence-electron chi connectivity index (χ1n) is 8.61. The van der Waals surface area contributed by atoms with Crippen LogP contribution in [-0.4, -0.2) is 51.7 Å². The monoisotopic (exact) mass is 400 g/mol. The van der Waals surface area contributed by atoms with Crippen molar-refractivity contribution in [3.63, 3.8) is 0 Å². The van der Waals surface area contributed by atoms with E-state index in [-0.39, 0.29) is 23.3 Å². The first-order chi connectivity index (χ1) is 12.9. The van der Waals surface area contributed by atoms with E-state index in [1.807, 2.05) is 0 Å². The van der Waals surface area contributed by atoms with E-state index >= 15 is 0 Å². The van der Waals surface area contributed by atoms with E-state index in [0.29, 0.717) is 44.0 Å². The van der Waals surface area contributed by atoms with E-state index in [0.717, 1.165) is 0 Å². The van der Waals surface area contributed by atoms with Crippen LogP contribution in [0.1, 0.15) is 23.4 Å². The summed E-state index contributed by atoms with van der Waals surface area (Å²) < 4.78 is 40.7. The van der Waals surface area contributed by atoms with Gasteiger partial charge in [0.15, 0.2) is 0 Å². The Hall–Kier alpha value is -2.06. The zero-order valence-electron chi connectivity index (χ0n) is 14.8. The normalized spacial score (nSPS) is 15.6. The Morgan fingerprint density at radius 2 is 1.89 bits per heavy atom. The first kappa shape index (κ1) is 19.7. The molecule has 2 aromatic rings. The maximum Gasteiger partial charge on any atom is 0.283 e. The SMILES string of the molecule is Cc1c(Cl)c(C(F)F)nn1CC(=O)N1CCN(Cc2ccccc2F)CC1. The minimum Gasteiger partial charge on any atom is -0.339 e. The highest BCUT2D eigenvalue weighted by Gasteiger charge is 2.25. The van der Waals surface area contributed by atoms with Crippen molar-refractivity contribution < 1.29 is 18.0 Å². The van der Waals surface area contributed by atoms with E-state index in [1.165, 1.54) is 10.7 Å². The van der Waals surface area contributed by atoms with Gasteiger partial charge < -0.3 is 4.90 Å². The Kier molecular flexibility index (Phi) is 6.06. The van der Waals surface area contributed by atoms with Crippen LogP contribution in [0, 0.1) is 12.7 Å². The maximum atomic E-state index is 13.8. The zero-order chi connectivity index (χ0) is 19.6. The van der Waals surface area contributed by atoms with Gasteiger partial charge >= 0.3 is 0 Å². The molecular formula is C18H20ClF3N4O. The van der Waals surface area contributed by atoms with Crippen molar-refractivity contribution in [2.75, 3.05) is 26.2 Å². The molecule has 1 fully saturated rings. The number of hydrogen-bond acceptors (Lipinski definition) is 3. The van der Waals surface area contributed by atoms with Gasteiger partial charge in [0.25, 0.3) is 6.43 Å². The number of carbonyl (C=O) groups excluding carboxylic acids is 1. The fraction of sp³-hybridized carbons (Fsp3) is 0.444. The average Bonchev–Trinajstić information content (AvgIpc) is 2.93. The number of rotatable bonds is 5. The molecule has 27 heavy (non-hydrogen) atoms. The number of amides is 1. The molecule has 1 amide bonds. The lowest BCUT2D eigenvalue weighted by Crippen LogP contribution is -2.49. The molecule has 0 N–H and O–H groups in total. The number of piperazine rings is 1. The minimum absolute atomic E-state index is 0.104. The van der Waals surface area contributed by atoms with Gasteiger partial charge in [-0.15, -0.1) is 0 Å². The van der Waals surface area contributed by atoms with Crippen molar-refractivity contribution in [3.8, 4) is 0 Å². The van der Waals surface area contributed by atoms with Crippen LogP contribution in [0.5, 0.6) is 0 Å². The van der Waals surface area contributed by atoms with Crippen molar-refractivity contribution in [2.24, 2.45) is 0 Å². The summed E-state index contributed by atoms with van der Waals surface area (Å²) in [4.78, 5) is 16.2. The predicted molar refractivity (Wildman–Crippen MR) is 95.2 cm³/mol. The summed E-state index contributed by atoms with van der Waals surface area (Å²) >= 11 is 5.86. The van der Waals surface area contributed by atoms with Crippen LogP contribution in [0.15, 0.2) is 24.3 Å². The molecule has 0 unspecified atom stereocenters. The third-order valence-corrected chi connectivity index (χ3v) is 5.19. The largest absolute Gasteiger partial charge is 0.339 e. The molecule has 0 atom stereocenters. The summed E-state index contributed by atoms with van der Waals surface area (Å²) in [5.74, 6) is -0.444. The predicted octanol–water partition coefficient (Wildman–Crippen LogP) is 3.27. The Balaban J connectivity index is 1.56. The van der Waals surface area contributed by atoms with Gasteiger partial charge in [-0.2, -0.15) is 5.10 Å². The molecular weight excluding hydrogens is 381 g/mol. The molecule has 2 heterocycles. The molecule has 1 aliphatic heterocycles. The highest BCUT2D eigenvalue weighted by atomic mass is 35.5. The standard InChI is InChI=1S/C18H20ClF3N4O/c1-12-16(19)17(18(21)22)23-26(12)11-15(27)25-8-6-24(7-9-25)10-13-4-2-3-5-14(13)20/h2-5,18H,6-11H2,1H3. The van der Waals surface area contributed by atoms with Crippen LogP contribution in [0.2, 0.25) is 5.02 Å². The molecule has 3 rings (SSSR count). The zero-order valence-corrected chi connectivity index (χ0v) is 15.6. The molecule has 0 saturated carbocycles. The average molecular weight is 401 g/mol. The van der Waals surface area contributed by atoms with Gasteiger partial charge in [0, 0.05) is 38.3 Å². The van der Waals surface area contributed by atoms with Crippen molar-refractivity contribution in [1.82, 2.24) is 19.6 Å². The highest BCUT2D eigenvalue weighted by molar-refractivity contribution is 6.31. The number of aromatic nitrogens is 2. The smallest absolute Gasteiger partial charge is 0.283 e. The lowest BCUT2D eigenvalue weighted by atomic mass is 10.2. The van der Waals surface area contributed by atoms with Crippen molar-refractivity contribution in [3.05, 3.63) is 52.1 Å². The first-order valence-corrected chi connectivity index (χ1v) is 8.99. The van der Waals surface area contributed by atoms with Gasteiger partial charge in [-0.3, -0.25) is 14.4 Å². The lowest BCUT2D eigenvalue weighted by molar-refractivity contribution is -0.133. The van der Waals surface area contributed by atoms with E-state index in [2.05, 4.69) is 10.00 Å². The fourth-order valence-electron chi connectivity index (χ4n) is 3.09. The van der Waals surface area contributed by atoms with E-state index in [9.17, 15) is 18.0 Å². The molecule has 1 aliphatic rings. The summed E-state index contributed by atoms with van der Waals surface area (Å²) in [5, 5.41) is 3.66. The molecule has 0 radical (unpaired) electrons. The Morgan fingerprint density at radius 1 is 1.22 bits per heavy atom. The van der Waals surface area contributed by atoms with Gasteiger partial charge in [-0.25, -0.2) is 13.2 Å². The van der Waals surface area contributed by atoms with E-state index in [1.54, 1.807) is 30.0 Å². The molecule has 9 heteroatoms. The quantitative estimate of drug-likeness (QED) is 0.773. The molecule has 0 bridgehead atoms. The molecule has 0 aliphatic carbocycles. The number of carbonyl (C=O) groups is 1. The second-order valence-corrected chi connectivity index (χ2v) is 6.87. The second kappa shape index (κ2) is 8.31. The second-order valence-electron chi connectivity index (χ2n) is 6.49. The van der Waals surface area contributed by atoms with Crippen LogP contribution < -0.4 is 0 Å². The highest BCUT2D eigenvalue weighted by Crippen LogP contribution is 2.28. The maximum absolute atomic E-state index is 13.8. The number of hydrogen-bond donors (Lipinski definition) is 0. The Bertz CT molecular complexity index is 819. The minimum atomic E-state index is -2.78. The summed E-state index contributed by atoms with van der Waals surface area (Å²) in [6, 6.07) is 6.62. The topological polar surface area (TPSA) is 41.4 Å². The van der Waals surface area contributed by atoms with Gasteiger partial charge in [-0.1, -0.05) is 29.8 Å². The fourth-order valence-corrected chi connectivity index (χ4v) is 3.31. The summed E-state index contributed by atoms with van der Waals surface area (Å²) in [7, 11) is 0. The number of benzene rings is 1. The third-order valence-electron chi connectivity index (χ3n) is 4.73. The summed E-state index contributed by atoms with van der Waals surface area (Å²) in [6.07, 6.45) is -2.78. The molecule has 1 aromatic carbocycles. The van der Waals surface area contributed by atoms with Crippen LogP contribution in [0.25, 0.3) is 0 Å². The van der Waals surface area contributed by atoms with Crippen molar-refractivity contribution in [2.45, 2.75) is 26.4 Å². The molecule has 1 aromatic heterocycles. The van der Waals surface area contributed by atoms with Crippen LogP contribution in [0.3, 0.4) is 0 Å². The molecule has 5 nitrogen and oxygen atoms in total. The number of halogens is 4.